The van der Waals surface area contributed by atoms with E-state index >= 15 is 0 Å². The highest BCUT2D eigenvalue weighted by molar-refractivity contribution is 6.18. The minimum atomic E-state index is -0.216. The third-order valence-electron chi connectivity index (χ3n) is 1.77. The molecule has 0 atom stereocenters. The molecule has 1 rings (SSSR count). The van der Waals surface area contributed by atoms with E-state index in [2.05, 4.69) is 15.3 Å². The summed E-state index contributed by atoms with van der Waals surface area (Å²) in [6.45, 7) is 7.89. The van der Waals surface area contributed by atoms with Crippen LogP contribution in [-0.4, -0.2) is 27.5 Å². The molecule has 0 spiro atoms. The molecule has 0 bridgehead atoms. The van der Waals surface area contributed by atoms with Gasteiger partial charge in [0.05, 0.1) is 18.5 Å². The van der Waals surface area contributed by atoms with E-state index in [4.69, 9.17) is 16.3 Å². The van der Waals surface area contributed by atoms with Gasteiger partial charge in [0.1, 0.15) is 5.82 Å². The minimum absolute atomic E-state index is 0.0885. The van der Waals surface area contributed by atoms with Gasteiger partial charge in [0.15, 0.2) is 0 Å². The number of nitrogens with one attached hydrogen (secondary N) is 1. The smallest absolute Gasteiger partial charge is 0.234 e. The number of rotatable bonds is 5. The summed E-state index contributed by atoms with van der Waals surface area (Å²) in [4.78, 5) is 8.35. The Morgan fingerprint density at radius 3 is 2.69 bits per heavy atom. The standard InChI is InChI=1S/C11H18ClN3O/c1-8(2)16-10-6-13-5-9(14-10)15-11(3,4)7-12/h5-6,8H,7H2,1-4H3,(H,14,15). The van der Waals surface area contributed by atoms with Gasteiger partial charge in [0.25, 0.3) is 0 Å². The largest absolute Gasteiger partial charge is 0.474 e. The Morgan fingerprint density at radius 1 is 1.44 bits per heavy atom. The quantitative estimate of drug-likeness (QED) is 0.808. The lowest BCUT2D eigenvalue weighted by molar-refractivity contribution is 0.232. The summed E-state index contributed by atoms with van der Waals surface area (Å²) in [6, 6.07) is 0. The van der Waals surface area contributed by atoms with Crippen LogP contribution in [0.2, 0.25) is 0 Å². The third-order valence-corrected chi connectivity index (χ3v) is 2.44. The molecule has 4 nitrogen and oxygen atoms in total. The molecule has 0 aliphatic heterocycles. The van der Waals surface area contributed by atoms with Gasteiger partial charge in [-0.25, -0.2) is 0 Å². The Kier molecular flexibility index (Phi) is 4.35. The van der Waals surface area contributed by atoms with Gasteiger partial charge in [-0.1, -0.05) is 0 Å². The molecule has 16 heavy (non-hydrogen) atoms. The fourth-order valence-corrected chi connectivity index (χ4v) is 1.15. The SMILES string of the molecule is CC(C)Oc1cncc(NC(C)(C)CCl)n1. The molecule has 0 unspecified atom stereocenters. The fraction of sp³-hybridized carbons (Fsp3) is 0.636. The predicted octanol–water partition coefficient (Wildman–Crippen LogP) is 2.69. The predicted molar refractivity (Wildman–Crippen MR) is 66.2 cm³/mol. The molecule has 5 heteroatoms. The lowest BCUT2D eigenvalue weighted by Gasteiger charge is -2.23. The van der Waals surface area contributed by atoms with Crippen LogP contribution < -0.4 is 10.1 Å². The summed E-state index contributed by atoms with van der Waals surface area (Å²) in [5.41, 5.74) is -0.216. The summed E-state index contributed by atoms with van der Waals surface area (Å²) in [6.07, 6.45) is 3.34. The molecule has 1 aromatic heterocycles. The molecular weight excluding hydrogens is 226 g/mol. The van der Waals surface area contributed by atoms with E-state index in [-0.39, 0.29) is 11.6 Å². The molecule has 0 fully saturated rings. The van der Waals surface area contributed by atoms with Crippen LogP contribution in [0.1, 0.15) is 27.7 Å². The van der Waals surface area contributed by atoms with E-state index in [1.807, 2.05) is 27.7 Å². The van der Waals surface area contributed by atoms with Crippen LogP contribution in [0.25, 0.3) is 0 Å². The number of anilines is 1. The minimum Gasteiger partial charge on any atom is -0.474 e. The topological polar surface area (TPSA) is 47.0 Å². The van der Waals surface area contributed by atoms with Crippen molar-refractivity contribution in [3.05, 3.63) is 12.4 Å². The average molecular weight is 244 g/mol. The first kappa shape index (κ1) is 13.0. The van der Waals surface area contributed by atoms with Gasteiger partial charge in [-0.05, 0) is 27.7 Å². The number of aromatic nitrogens is 2. The van der Waals surface area contributed by atoms with E-state index in [9.17, 15) is 0 Å². The Morgan fingerprint density at radius 2 is 2.12 bits per heavy atom. The van der Waals surface area contributed by atoms with Gasteiger partial charge < -0.3 is 10.1 Å². The van der Waals surface area contributed by atoms with Gasteiger partial charge in [0.2, 0.25) is 5.88 Å². The maximum atomic E-state index is 5.83. The summed E-state index contributed by atoms with van der Waals surface area (Å²) < 4.78 is 5.46. The maximum Gasteiger partial charge on any atom is 0.234 e. The molecule has 0 aliphatic carbocycles. The maximum absolute atomic E-state index is 5.83. The van der Waals surface area contributed by atoms with Crippen LogP contribution in [0.4, 0.5) is 5.82 Å². The molecule has 1 N–H and O–H groups in total. The summed E-state index contributed by atoms with van der Waals surface area (Å²) in [5.74, 6) is 1.68. The van der Waals surface area contributed by atoms with Crippen molar-refractivity contribution in [2.24, 2.45) is 0 Å². The highest BCUT2D eigenvalue weighted by Crippen LogP contribution is 2.16. The normalized spacial score (nSPS) is 11.6. The van der Waals surface area contributed by atoms with Crippen molar-refractivity contribution >= 4 is 17.4 Å². The van der Waals surface area contributed by atoms with Gasteiger partial charge in [0, 0.05) is 11.4 Å². The summed E-state index contributed by atoms with van der Waals surface area (Å²) in [5, 5.41) is 3.20. The van der Waals surface area contributed by atoms with Crippen LogP contribution in [-0.2, 0) is 0 Å². The van der Waals surface area contributed by atoms with E-state index < -0.39 is 0 Å². The number of hydrogen-bond donors (Lipinski definition) is 1. The number of nitrogens with zero attached hydrogens (tertiary/aromatic N) is 2. The first-order chi connectivity index (χ1) is 7.43. The van der Waals surface area contributed by atoms with Crippen LogP contribution in [0.5, 0.6) is 5.88 Å². The highest BCUT2D eigenvalue weighted by Gasteiger charge is 2.16. The second-order valence-corrected chi connectivity index (χ2v) is 4.82. The molecule has 90 valence electrons. The molecule has 0 radical (unpaired) electrons. The molecule has 1 aromatic rings. The Balaban J connectivity index is 2.74. The van der Waals surface area contributed by atoms with Crippen molar-refractivity contribution < 1.29 is 4.74 Å². The second-order valence-electron chi connectivity index (χ2n) is 4.55. The molecule has 0 saturated carbocycles. The third kappa shape index (κ3) is 4.23. The number of hydrogen-bond acceptors (Lipinski definition) is 4. The van der Waals surface area contributed by atoms with Gasteiger partial charge >= 0.3 is 0 Å². The zero-order valence-corrected chi connectivity index (χ0v) is 10.9. The first-order valence-electron chi connectivity index (χ1n) is 5.26. The number of alkyl halides is 1. The summed E-state index contributed by atoms with van der Waals surface area (Å²) in [7, 11) is 0. The molecular formula is C11H18ClN3O. The van der Waals surface area contributed by atoms with Crippen molar-refractivity contribution in [3.63, 3.8) is 0 Å². The Hall–Kier alpha value is -1.03. The molecule has 0 aliphatic rings. The monoisotopic (exact) mass is 243 g/mol. The number of halogens is 1. The Labute approximate surface area is 101 Å². The lowest BCUT2D eigenvalue weighted by Crippen LogP contribution is -2.33. The van der Waals surface area contributed by atoms with E-state index in [1.54, 1.807) is 12.4 Å². The summed E-state index contributed by atoms with van der Waals surface area (Å²) >= 11 is 5.83. The first-order valence-corrected chi connectivity index (χ1v) is 5.79. The second kappa shape index (κ2) is 5.34. The molecule has 0 amide bonds. The van der Waals surface area contributed by atoms with Crippen molar-refractivity contribution in [2.45, 2.75) is 39.3 Å². The van der Waals surface area contributed by atoms with Crippen LogP contribution in [0.15, 0.2) is 12.4 Å². The van der Waals surface area contributed by atoms with Gasteiger partial charge in [-0.3, -0.25) is 4.98 Å². The van der Waals surface area contributed by atoms with Crippen LogP contribution in [0.3, 0.4) is 0 Å². The van der Waals surface area contributed by atoms with Crippen LogP contribution >= 0.6 is 11.6 Å². The number of ether oxygens (including phenoxy) is 1. The van der Waals surface area contributed by atoms with Gasteiger partial charge in [-0.2, -0.15) is 4.98 Å². The lowest BCUT2D eigenvalue weighted by atomic mass is 10.1. The van der Waals surface area contributed by atoms with E-state index in [0.29, 0.717) is 17.6 Å². The van der Waals surface area contributed by atoms with Crippen molar-refractivity contribution in [2.75, 3.05) is 11.2 Å². The molecule has 1 heterocycles. The van der Waals surface area contributed by atoms with E-state index in [1.165, 1.54) is 0 Å². The van der Waals surface area contributed by atoms with Crippen molar-refractivity contribution in [1.82, 2.24) is 9.97 Å². The Bertz CT molecular complexity index is 342. The average Bonchev–Trinajstić information content (AvgIpc) is 2.16. The zero-order chi connectivity index (χ0) is 12.2. The van der Waals surface area contributed by atoms with Crippen LogP contribution in [0, 0.1) is 0 Å². The van der Waals surface area contributed by atoms with Crippen molar-refractivity contribution in [3.8, 4) is 5.88 Å². The van der Waals surface area contributed by atoms with Crippen molar-refractivity contribution in [1.29, 1.82) is 0 Å². The molecule has 0 aromatic carbocycles. The fourth-order valence-electron chi connectivity index (χ4n) is 1.09. The molecule has 0 saturated heterocycles. The van der Waals surface area contributed by atoms with Gasteiger partial charge in [-0.15, -0.1) is 11.6 Å². The zero-order valence-electron chi connectivity index (χ0n) is 10.1. The van der Waals surface area contributed by atoms with E-state index in [0.717, 1.165) is 0 Å². The highest BCUT2D eigenvalue weighted by atomic mass is 35.5.